The van der Waals surface area contributed by atoms with E-state index in [4.69, 9.17) is 5.26 Å². The quantitative estimate of drug-likeness (QED) is 0.770. The summed E-state index contributed by atoms with van der Waals surface area (Å²) in [5, 5.41) is 13.8. The summed E-state index contributed by atoms with van der Waals surface area (Å²) < 4.78 is 2.23. The molecule has 0 radical (unpaired) electrons. The van der Waals surface area contributed by atoms with Crippen LogP contribution in [0, 0.1) is 11.3 Å². The first kappa shape index (κ1) is 11.9. The van der Waals surface area contributed by atoms with Gasteiger partial charge in [-0.1, -0.05) is 12.1 Å². The highest BCUT2D eigenvalue weighted by Gasteiger charge is 2.12. The molecular weight excluding hydrogens is 276 g/mol. The van der Waals surface area contributed by atoms with Crippen LogP contribution in [0.4, 0.5) is 5.69 Å². The molecule has 0 saturated carbocycles. The molecule has 3 nitrogen and oxygen atoms in total. The van der Waals surface area contributed by atoms with E-state index in [9.17, 15) is 4.79 Å². The van der Waals surface area contributed by atoms with Crippen molar-refractivity contribution in [3.8, 4) is 6.07 Å². The van der Waals surface area contributed by atoms with Gasteiger partial charge >= 0.3 is 0 Å². The number of carbonyl (C=O) groups excluding carboxylic acids is 1. The zero-order valence-electron chi connectivity index (χ0n) is 9.71. The van der Waals surface area contributed by atoms with Crippen LogP contribution in [0.15, 0.2) is 41.8 Å². The highest BCUT2D eigenvalue weighted by Crippen LogP contribution is 2.30. The van der Waals surface area contributed by atoms with Gasteiger partial charge in [-0.25, -0.2) is 0 Å². The molecule has 2 aromatic heterocycles. The average molecular weight is 284 g/mol. The van der Waals surface area contributed by atoms with Crippen LogP contribution in [0.3, 0.4) is 0 Å². The van der Waals surface area contributed by atoms with Gasteiger partial charge in [0.2, 0.25) is 0 Å². The Morgan fingerprint density at radius 1 is 1.21 bits per heavy atom. The Morgan fingerprint density at radius 3 is 2.84 bits per heavy atom. The van der Waals surface area contributed by atoms with Gasteiger partial charge in [-0.3, -0.25) is 4.79 Å². The third-order valence-corrected chi connectivity index (χ3v) is 4.75. The Labute approximate surface area is 117 Å². The first-order valence-corrected chi connectivity index (χ1v) is 7.25. The summed E-state index contributed by atoms with van der Waals surface area (Å²) >= 11 is 3.08. The van der Waals surface area contributed by atoms with Gasteiger partial charge in [0.05, 0.1) is 16.1 Å². The molecule has 0 aliphatic rings. The lowest BCUT2D eigenvalue weighted by Crippen LogP contribution is -2.11. The Kier molecular flexibility index (Phi) is 3.03. The number of nitrogens with one attached hydrogen (secondary N) is 1. The van der Waals surface area contributed by atoms with E-state index in [1.807, 2.05) is 17.5 Å². The van der Waals surface area contributed by atoms with Gasteiger partial charge in [0.1, 0.15) is 6.07 Å². The maximum Gasteiger partial charge on any atom is 0.265 e. The third kappa shape index (κ3) is 2.24. The van der Waals surface area contributed by atoms with E-state index < -0.39 is 0 Å². The van der Waals surface area contributed by atoms with Crippen LogP contribution in [0.25, 0.3) is 9.40 Å². The van der Waals surface area contributed by atoms with Crippen LogP contribution in [-0.2, 0) is 0 Å². The van der Waals surface area contributed by atoms with Crippen LogP contribution in [0.5, 0.6) is 0 Å². The van der Waals surface area contributed by atoms with Gasteiger partial charge < -0.3 is 5.32 Å². The van der Waals surface area contributed by atoms with E-state index in [-0.39, 0.29) is 5.91 Å². The molecule has 3 rings (SSSR count). The third-order valence-electron chi connectivity index (χ3n) is 2.66. The highest BCUT2D eigenvalue weighted by atomic mass is 32.1. The number of anilines is 1. The van der Waals surface area contributed by atoms with E-state index in [1.54, 1.807) is 35.6 Å². The smallest absolute Gasteiger partial charge is 0.265 e. The van der Waals surface area contributed by atoms with E-state index in [0.717, 1.165) is 9.40 Å². The summed E-state index contributed by atoms with van der Waals surface area (Å²) in [5.74, 6) is -0.170. The number of amides is 1. The monoisotopic (exact) mass is 284 g/mol. The van der Waals surface area contributed by atoms with Crippen molar-refractivity contribution in [3.63, 3.8) is 0 Å². The molecule has 19 heavy (non-hydrogen) atoms. The van der Waals surface area contributed by atoms with Gasteiger partial charge in [-0.2, -0.15) is 5.26 Å². The largest absolute Gasteiger partial charge is 0.320 e. The molecule has 92 valence electrons. The van der Waals surface area contributed by atoms with Crippen LogP contribution in [0.1, 0.15) is 15.2 Å². The topological polar surface area (TPSA) is 52.9 Å². The van der Waals surface area contributed by atoms with Crippen molar-refractivity contribution in [1.82, 2.24) is 0 Å². The van der Waals surface area contributed by atoms with Crippen molar-refractivity contribution in [1.29, 1.82) is 5.26 Å². The SMILES string of the molecule is N#Cc1ccccc1NC(=O)c1cc2sccc2s1. The van der Waals surface area contributed by atoms with Crippen LogP contribution in [-0.4, -0.2) is 5.91 Å². The van der Waals surface area contributed by atoms with Crippen LogP contribution in [0.2, 0.25) is 0 Å². The molecule has 0 aliphatic carbocycles. The highest BCUT2D eigenvalue weighted by molar-refractivity contribution is 7.27. The number of carbonyl (C=O) groups is 1. The summed E-state index contributed by atoms with van der Waals surface area (Å²) in [5.41, 5.74) is 1.01. The molecule has 0 aliphatic heterocycles. The lowest BCUT2D eigenvalue weighted by Gasteiger charge is -2.04. The average Bonchev–Trinajstić information content (AvgIpc) is 3.00. The lowest BCUT2D eigenvalue weighted by molar-refractivity contribution is 0.103. The van der Waals surface area contributed by atoms with Crippen LogP contribution >= 0.6 is 22.7 Å². The number of fused-ring (bicyclic) bond motifs is 1. The van der Waals surface area contributed by atoms with E-state index in [2.05, 4.69) is 11.4 Å². The second-order valence-corrected chi connectivity index (χ2v) is 5.90. The van der Waals surface area contributed by atoms with Crippen molar-refractivity contribution in [2.45, 2.75) is 0 Å². The number of hydrogen-bond donors (Lipinski definition) is 1. The summed E-state index contributed by atoms with van der Waals surface area (Å²) in [4.78, 5) is 12.8. The maximum atomic E-state index is 12.1. The number of rotatable bonds is 2. The molecule has 1 aromatic carbocycles. The number of nitriles is 1. The number of nitrogens with zero attached hydrogens (tertiary/aromatic N) is 1. The standard InChI is InChI=1S/C14H8N2OS2/c15-8-9-3-1-2-4-10(9)16-14(17)13-7-12-11(19-13)5-6-18-12/h1-7H,(H,16,17). The molecule has 5 heteroatoms. The van der Waals surface area contributed by atoms with Crippen molar-refractivity contribution >= 4 is 43.7 Å². The number of benzene rings is 1. The fraction of sp³-hybridized carbons (Fsp3) is 0. The van der Waals surface area contributed by atoms with E-state index in [0.29, 0.717) is 16.1 Å². The van der Waals surface area contributed by atoms with Crippen LogP contribution < -0.4 is 5.32 Å². The van der Waals surface area contributed by atoms with Gasteiger partial charge in [0.25, 0.3) is 5.91 Å². The molecule has 0 bridgehead atoms. The molecule has 2 heterocycles. The molecule has 0 saturated heterocycles. The van der Waals surface area contributed by atoms with Gasteiger partial charge in [0.15, 0.2) is 0 Å². The van der Waals surface area contributed by atoms with Crippen molar-refractivity contribution in [2.24, 2.45) is 0 Å². The molecule has 1 N–H and O–H groups in total. The number of hydrogen-bond acceptors (Lipinski definition) is 4. The van der Waals surface area contributed by atoms with Crippen molar-refractivity contribution in [3.05, 3.63) is 52.2 Å². The zero-order chi connectivity index (χ0) is 13.2. The predicted molar refractivity (Wildman–Crippen MR) is 78.8 cm³/mol. The van der Waals surface area contributed by atoms with E-state index >= 15 is 0 Å². The van der Waals surface area contributed by atoms with E-state index in [1.165, 1.54) is 11.3 Å². The summed E-state index contributed by atoms with van der Waals surface area (Å²) in [6.45, 7) is 0. The molecule has 3 aromatic rings. The van der Waals surface area contributed by atoms with Gasteiger partial charge in [0, 0.05) is 9.40 Å². The summed E-state index contributed by atoms with van der Waals surface area (Å²) in [6, 6.07) is 12.9. The molecule has 0 unspecified atom stereocenters. The maximum absolute atomic E-state index is 12.1. The first-order chi connectivity index (χ1) is 9.28. The molecule has 0 fully saturated rings. The second-order valence-electron chi connectivity index (χ2n) is 3.87. The number of para-hydroxylation sites is 1. The summed E-state index contributed by atoms with van der Waals surface area (Å²) in [7, 11) is 0. The van der Waals surface area contributed by atoms with Gasteiger partial charge in [-0.05, 0) is 29.6 Å². The summed E-state index contributed by atoms with van der Waals surface area (Å²) in [6.07, 6.45) is 0. The van der Waals surface area contributed by atoms with Crippen molar-refractivity contribution < 1.29 is 4.79 Å². The normalized spacial score (nSPS) is 10.3. The second kappa shape index (κ2) is 4.84. The Hall–Kier alpha value is -2.16. The lowest BCUT2D eigenvalue weighted by atomic mass is 10.2. The Morgan fingerprint density at radius 2 is 2.05 bits per heavy atom. The Bertz CT molecular complexity index is 766. The molecule has 1 amide bonds. The fourth-order valence-electron chi connectivity index (χ4n) is 1.75. The Balaban J connectivity index is 1.89. The zero-order valence-corrected chi connectivity index (χ0v) is 11.3. The minimum absolute atomic E-state index is 0.170. The van der Waals surface area contributed by atoms with Crippen molar-refractivity contribution in [2.75, 3.05) is 5.32 Å². The predicted octanol–water partition coefficient (Wildman–Crippen LogP) is 4.09. The minimum atomic E-state index is -0.170. The van der Waals surface area contributed by atoms with Gasteiger partial charge in [-0.15, -0.1) is 22.7 Å². The molecule has 0 atom stereocenters. The minimum Gasteiger partial charge on any atom is -0.320 e. The molecular formula is C14H8N2OS2. The number of thiophene rings is 2. The first-order valence-electron chi connectivity index (χ1n) is 5.55. The molecule has 0 spiro atoms. The fourth-order valence-corrected chi connectivity index (χ4v) is 3.76.